The topological polar surface area (TPSA) is 0 Å². The van der Waals surface area contributed by atoms with E-state index in [9.17, 15) is 0 Å². The molecule has 0 fully saturated rings. The van der Waals surface area contributed by atoms with E-state index in [1.54, 1.807) is 0 Å². The molecule has 1 aromatic carbocycles. The molecule has 1 rings (SSSR count). The van der Waals surface area contributed by atoms with Gasteiger partial charge in [-0.1, -0.05) is 87.9 Å². The van der Waals surface area contributed by atoms with Gasteiger partial charge in [0.2, 0.25) is 0 Å². The first-order valence-corrected chi connectivity index (χ1v) is 5.74. The fourth-order valence-electron chi connectivity index (χ4n) is 0.791. The van der Waals surface area contributed by atoms with Gasteiger partial charge in [-0.3, -0.25) is 0 Å². The Hall–Kier alpha value is -1.30. The normalized spacial score (nSPS) is 7.00. The van der Waals surface area contributed by atoms with E-state index in [1.807, 2.05) is 70.2 Å². The predicted octanol–water partition coefficient (Wildman–Crippen LogP) is 5.17. The molecule has 0 N–H and O–H groups in total. The number of hydrogen-bond acceptors (Lipinski definition) is 0. The van der Waals surface area contributed by atoms with Crippen LogP contribution in [0.15, 0.2) is 54.6 Å². The molecule has 0 aliphatic carbocycles. The molecule has 0 heteroatoms. The molecule has 84 valence electrons. The van der Waals surface area contributed by atoms with Gasteiger partial charge in [0.1, 0.15) is 0 Å². The molecular formula is C15H24. The largest absolute Gasteiger partial charge is 0.0683 e. The van der Waals surface area contributed by atoms with Crippen LogP contribution in [0.2, 0.25) is 0 Å². The minimum atomic E-state index is 1.27. The summed E-state index contributed by atoms with van der Waals surface area (Å²) in [7, 11) is 0. The summed E-state index contributed by atoms with van der Waals surface area (Å²) < 4.78 is 0. The molecule has 0 spiro atoms. The third-order valence-electron chi connectivity index (χ3n) is 1.38. The second-order valence-corrected chi connectivity index (χ2v) is 2.42. The molecule has 0 aliphatic heterocycles. The minimum absolute atomic E-state index is 1.27. The van der Waals surface area contributed by atoms with Crippen molar-refractivity contribution in [1.82, 2.24) is 0 Å². The first kappa shape index (κ1) is 16.1. The lowest BCUT2D eigenvalue weighted by atomic mass is 10.3. The molecule has 0 amide bonds. The molecular weight excluding hydrogens is 180 g/mol. The number of rotatable bonds is 0. The molecule has 0 bridgehead atoms. The first-order valence-electron chi connectivity index (χ1n) is 5.74. The maximum Gasteiger partial charge on any atom is -0.0398 e. The smallest absolute Gasteiger partial charge is 0.0398 e. The molecule has 0 saturated carbocycles. The average Bonchev–Trinajstić information content (AvgIpc) is 2.33. The lowest BCUT2D eigenvalue weighted by Crippen LogP contribution is -1.60. The third kappa shape index (κ3) is 12.7. The lowest BCUT2D eigenvalue weighted by Gasteiger charge is -1.80. The van der Waals surface area contributed by atoms with Crippen LogP contribution in [-0.4, -0.2) is 0 Å². The van der Waals surface area contributed by atoms with E-state index in [0.29, 0.717) is 0 Å². The van der Waals surface area contributed by atoms with Gasteiger partial charge in [-0.05, 0) is 6.92 Å². The predicted molar refractivity (Wildman–Crippen MR) is 71.5 cm³/mol. The lowest BCUT2D eigenvalue weighted by molar-refractivity contribution is 1.50. The van der Waals surface area contributed by atoms with E-state index < -0.39 is 0 Å². The Labute approximate surface area is 95.3 Å². The zero-order valence-corrected chi connectivity index (χ0v) is 10.7. The van der Waals surface area contributed by atoms with Gasteiger partial charge in [0.25, 0.3) is 0 Å². The van der Waals surface area contributed by atoms with Crippen molar-refractivity contribution in [3.8, 4) is 0 Å². The minimum Gasteiger partial charge on any atom is -0.0683 e. The Bertz CT molecular complexity index is 237. The SMILES string of the molecule is CC.CC.Cc1ccccccccc1. The van der Waals surface area contributed by atoms with E-state index >= 15 is 0 Å². The highest BCUT2D eigenvalue weighted by molar-refractivity contribution is 5.09. The van der Waals surface area contributed by atoms with Crippen LogP contribution in [-0.2, 0) is 0 Å². The molecule has 0 unspecified atom stereocenters. The third-order valence-corrected chi connectivity index (χ3v) is 1.38. The van der Waals surface area contributed by atoms with E-state index in [0.717, 1.165) is 0 Å². The maximum atomic E-state index is 2.08. The van der Waals surface area contributed by atoms with Crippen molar-refractivity contribution in [3.63, 3.8) is 0 Å². The van der Waals surface area contributed by atoms with Crippen LogP contribution in [0.1, 0.15) is 33.3 Å². The van der Waals surface area contributed by atoms with Crippen LogP contribution in [0.4, 0.5) is 0 Å². The van der Waals surface area contributed by atoms with Crippen molar-refractivity contribution in [2.45, 2.75) is 34.6 Å². The number of hydrogen-bond donors (Lipinski definition) is 0. The molecule has 0 aliphatic rings. The average molecular weight is 204 g/mol. The highest BCUT2D eigenvalue weighted by atomic mass is 13.8. The summed E-state index contributed by atoms with van der Waals surface area (Å²) in [6.07, 6.45) is 0. The van der Waals surface area contributed by atoms with Gasteiger partial charge < -0.3 is 0 Å². The van der Waals surface area contributed by atoms with Crippen molar-refractivity contribution in [1.29, 1.82) is 0 Å². The Balaban J connectivity index is 0. The van der Waals surface area contributed by atoms with Gasteiger partial charge in [0.15, 0.2) is 0 Å². The van der Waals surface area contributed by atoms with Crippen molar-refractivity contribution >= 4 is 0 Å². The van der Waals surface area contributed by atoms with Gasteiger partial charge >= 0.3 is 0 Å². The summed E-state index contributed by atoms with van der Waals surface area (Å²) in [5, 5.41) is 0. The monoisotopic (exact) mass is 204 g/mol. The van der Waals surface area contributed by atoms with Crippen LogP contribution < -0.4 is 0 Å². The zero-order chi connectivity index (χ0) is 11.9. The fourth-order valence-corrected chi connectivity index (χ4v) is 0.791. The Morgan fingerprint density at radius 1 is 0.533 bits per heavy atom. The van der Waals surface area contributed by atoms with Crippen LogP contribution in [0, 0.1) is 6.92 Å². The van der Waals surface area contributed by atoms with Crippen molar-refractivity contribution in [2.24, 2.45) is 0 Å². The van der Waals surface area contributed by atoms with E-state index in [-0.39, 0.29) is 0 Å². The van der Waals surface area contributed by atoms with E-state index in [1.165, 1.54) is 5.56 Å². The summed E-state index contributed by atoms with van der Waals surface area (Å²) in [4.78, 5) is 0. The Morgan fingerprint density at radius 2 is 0.800 bits per heavy atom. The summed E-state index contributed by atoms with van der Waals surface area (Å²) >= 11 is 0. The van der Waals surface area contributed by atoms with Gasteiger partial charge in [0, 0.05) is 0 Å². The summed E-state index contributed by atoms with van der Waals surface area (Å²) in [5.41, 5.74) is 1.27. The first-order chi connectivity index (χ1) is 7.39. The number of aryl methyl sites for hydroxylation is 1. The van der Waals surface area contributed by atoms with E-state index in [2.05, 4.69) is 19.1 Å². The van der Waals surface area contributed by atoms with Crippen molar-refractivity contribution < 1.29 is 0 Å². The molecule has 0 saturated heterocycles. The van der Waals surface area contributed by atoms with E-state index in [4.69, 9.17) is 0 Å². The molecule has 0 radical (unpaired) electrons. The van der Waals surface area contributed by atoms with Crippen LogP contribution >= 0.6 is 0 Å². The summed E-state index contributed by atoms with van der Waals surface area (Å²) in [6, 6.07) is 18.3. The van der Waals surface area contributed by atoms with Crippen LogP contribution in [0.25, 0.3) is 0 Å². The molecule has 0 aromatic heterocycles. The fraction of sp³-hybridized carbons (Fsp3) is 0.333. The van der Waals surface area contributed by atoms with Gasteiger partial charge in [-0.25, -0.2) is 0 Å². The van der Waals surface area contributed by atoms with Crippen LogP contribution in [0.5, 0.6) is 0 Å². The molecule has 15 heavy (non-hydrogen) atoms. The van der Waals surface area contributed by atoms with Gasteiger partial charge in [0.05, 0.1) is 0 Å². The Morgan fingerprint density at radius 3 is 1.13 bits per heavy atom. The standard InChI is InChI=1S/C11H12.2C2H6/c1-11-9-7-5-3-2-4-6-8-10-11;2*1-2/h2-10H,1H3;2*1-2H3. The summed E-state index contributed by atoms with van der Waals surface area (Å²) in [6.45, 7) is 10.1. The molecule has 1 aromatic rings. The van der Waals surface area contributed by atoms with Gasteiger partial charge in [-0.2, -0.15) is 0 Å². The Kier molecular flexibility index (Phi) is 16.3. The second-order valence-electron chi connectivity index (χ2n) is 2.42. The molecule has 0 heterocycles. The molecule has 0 nitrogen and oxygen atoms in total. The quantitative estimate of drug-likeness (QED) is 0.547. The zero-order valence-electron chi connectivity index (χ0n) is 10.7. The summed E-state index contributed by atoms with van der Waals surface area (Å²) in [5.74, 6) is 0. The van der Waals surface area contributed by atoms with Crippen molar-refractivity contribution in [3.05, 3.63) is 60.2 Å². The van der Waals surface area contributed by atoms with Crippen molar-refractivity contribution in [2.75, 3.05) is 0 Å². The second kappa shape index (κ2) is 15.2. The highest BCUT2D eigenvalue weighted by Gasteiger charge is 1.69. The maximum absolute atomic E-state index is 2.08. The van der Waals surface area contributed by atoms with Crippen LogP contribution in [0.3, 0.4) is 0 Å². The highest BCUT2D eigenvalue weighted by Crippen LogP contribution is 1.89. The van der Waals surface area contributed by atoms with Gasteiger partial charge in [-0.15, -0.1) is 0 Å². The molecule has 0 atom stereocenters.